The number of alkyl halides is 5. The van der Waals surface area contributed by atoms with Gasteiger partial charge in [-0.2, -0.15) is 22.0 Å². The molecule has 1 nitrogen and oxygen atoms in total. The van der Waals surface area contributed by atoms with Gasteiger partial charge in [0.15, 0.2) is 5.82 Å². The molecule has 1 atom stereocenters. The van der Waals surface area contributed by atoms with Gasteiger partial charge in [0.1, 0.15) is 23.2 Å². The van der Waals surface area contributed by atoms with E-state index in [1.54, 1.807) is 6.07 Å². The lowest BCUT2D eigenvalue weighted by atomic mass is 9.70. The van der Waals surface area contributed by atoms with Crippen molar-refractivity contribution in [3.05, 3.63) is 100 Å². The Morgan fingerprint density at radius 1 is 0.723 bits per heavy atom. The Morgan fingerprint density at radius 3 is 2.17 bits per heavy atom. The molecule has 6 rings (SSSR count). The molecule has 1 unspecified atom stereocenters. The van der Waals surface area contributed by atoms with Crippen molar-refractivity contribution < 1.29 is 44.3 Å². The van der Waals surface area contributed by atoms with E-state index in [-0.39, 0.29) is 16.7 Å². The second kappa shape index (κ2) is 12.5. The van der Waals surface area contributed by atoms with E-state index >= 15 is 13.2 Å². The van der Waals surface area contributed by atoms with Crippen molar-refractivity contribution >= 4 is 10.8 Å². The van der Waals surface area contributed by atoms with Crippen LogP contribution in [-0.4, -0.2) is 6.18 Å². The number of hydrogen-bond acceptors (Lipinski definition) is 1. The van der Waals surface area contributed by atoms with E-state index in [0.29, 0.717) is 36.5 Å². The van der Waals surface area contributed by atoms with Gasteiger partial charge in [-0.1, -0.05) is 31.8 Å². The maximum atomic E-state index is 15.3. The Balaban J connectivity index is 1.21. The van der Waals surface area contributed by atoms with Crippen molar-refractivity contribution in [2.45, 2.75) is 64.2 Å². The van der Waals surface area contributed by atoms with Gasteiger partial charge in [-0.15, -0.1) is 0 Å². The van der Waals surface area contributed by atoms with E-state index < -0.39 is 57.6 Å². The predicted molar refractivity (Wildman–Crippen MR) is 160 cm³/mol. The van der Waals surface area contributed by atoms with Crippen LogP contribution in [0.3, 0.4) is 0 Å². The average molecular weight is 661 g/mol. The van der Waals surface area contributed by atoms with Crippen LogP contribution in [0.15, 0.2) is 54.6 Å². The molecule has 4 aromatic carbocycles. The third-order valence-electron chi connectivity index (χ3n) is 9.44. The number of ether oxygens (including phenoxy) is 1. The molecule has 0 radical (unpaired) electrons. The normalized spacial score (nSPS) is 20.0. The van der Waals surface area contributed by atoms with Crippen LogP contribution in [0.5, 0.6) is 5.75 Å². The molecule has 10 heteroatoms. The minimum Gasteiger partial charge on any atom is -0.429 e. The van der Waals surface area contributed by atoms with Gasteiger partial charge in [-0.05, 0) is 114 Å². The summed E-state index contributed by atoms with van der Waals surface area (Å²) in [5.41, 5.74) is -0.229. The second-order valence-corrected chi connectivity index (χ2v) is 12.6. The lowest BCUT2D eigenvalue weighted by molar-refractivity contribution is -0.185. The highest BCUT2D eigenvalue weighted by atomic mass is 19.4. The maximum Gasteiger partial charge on any atom is 0.458 e. The molecular weight excluding hydrogens is 631 g/mol. The zero-order chi connectivity index (χ0) is 33.7. The van der Waals surface area contributed by atoms with E-state index in [4.69, 9.17) is 4.74 Å². The summed E-state index contributed by atoms with van der Waals surface area (Å²) in [5, 5.41) is -1.25. The van der Waals surface area contributed by atoms with Gasteiger partial charge in [0, 0.05) is 17.6 Å². The molecule has 2 aliphatic carbocycles. The number of benzene rings is 4. The molecule has 0 saturated heterocycles. The van der Waals surface area contributed by atoms with Crippen molar-refractivity contribution in [1.82, 2.24) is 0 Å². The molecule has 0 N–H and O–H groups in total. The van der Waals surface area contributed by atoms with E-state index in [1.807, 2.05) is 0 Å². The molecule has 1 fully saturated rings. The summed E-state index contributed by atoms with van der Waals surface area (Å²) >= 11 is 0. The molecule has 1 saturated carbocycles. The topological polar surface area (TPSA) is 9.23 Å². The first-order chi connectivity index (χ1) is 22.2. The first-order valence-electron chi connectivity index (χ1n) is 15.4. The third-order valence-corrected chi connectivity index (χ3v) is 9.44. The first-order valence-corrected chi connectivity index (χ1v) is 15.4. The van der Waals surface area contributed by atoms with Crippen molar-refractivity contribution in [1.29, 1.82) is 0 Å². The lowest BCUT2D eigenvalue weighted by Gasteiger charge is -2.36. The number of aryl methyl sites for hydroxylation is 1. The SMILES string of the molecule is CC1CCC(C2CCc3cc(C(F)(F)Oc4ccc(-c5cc(F)c6c(F)c(C#CC(F)(F)F)c(F)cc6c5)c(F)c4)ccc3C2)CC1. The van der Waals surface area contributed by atoms with E-state index in [0.717, 1.165) is 54.0 Å². The zero-order valence-electron chi connectivity index (χ0n) is 25.2. The Kier molecular flexibility index (Phi) is 8.71. The molecule has 0 aromatic heterocycles. The Bertz CT molecular complexity index is 1890. The molecule has 0 heterocycles. The average Bonchev–Trinajstić information content (AvgIpc) is 2.99. The van der Waals surface area contributed by atoms with Crippen molar-refractivity contribution in [2.75, 3.05) is 0 Å². The summed E-state index contributed by atoms with van der Waals surface area (Å²) in [6.45, 7) is 2.28. The summed E-state index contributed by atoms with van der Waals surface area (Å²) in [6, 6.07) is 9.58. The summed E-state index contributed by atoms with van der Waals surface area (Å²) in [7, 11) is 0. The minimum atomic E-state index is -5.04. The van der Waals surface area contributed by atoms with Crippen molar-refractivity contribution in [2.24, 2.45) is 17.8 Å². The van der Waals surface area contributed by atoms with Crippen molar-refractivity contribution in [3.63, 3.8) is 0 Å². The van der Waals surface area contributed by atoms with Crippen LogP contribution in [0.1, 0.15) is 61.3 Å². The van der Waals surface area contributed by atoms with E-state index in [1.165, 1.54) is 43.7 Å². The Labute approximate surface area is 265 Å². The predicted octanol–water partition coefficient (Wildman–Crippen LogP) is 11.0. The Hall–Kier alpha value is -4.13. The van der Waals surface area contributed by atoms with Gasteiger partial charge in [0.25, 0.3) is 0 Å². The fraction of sp³-hybridized carbons (Fsp3) is 0.351. The van der Waals surface area contributed by atoms with Gasteiger partial charge in [0.05, 0.1) is 16.5 Å². The van der Waals surface area contributed by atoms with Crippen LogP contribution in [0.2, 0.25) is 0 Å². The molecule has 47 heavy (non-hydrogen) atoms. The summed E-state index contributed by atoms with van der Waals surface area (Å²) in [6.07, 6.45) is -1.47. The second-order valence-electron chi connectivity index (χ2n) is 12.6. The smallest absolute Gasteiger partial charge is 0.429 e. The number of fused-ring (bicyclic) bond motifs is 2. The molecule has 0 spiro atoms. The maximum absolute atomic E-state index is 15.3. The minimum absolute atomic E-state index is 0.200. The first kappa shape index (κ1) is 32.8. The van der Waals surface area contributed by atoms with E-state index in [9.17, 15) is 26.3 Å². The van der Waals surface area contributed by atoms with Crippen LogP contribution in [0.25, 0.3) is 21.9 Å². The van der Waals surface area contributed by atoms with E-state index in [2.05, 4.69) is 6.92 Å². The molecule has 246 valence electrons. The quantitative estimate of drug-likeness (QED) is 0.153. The Morgan fingerprint density at radius 2 is 1.47 bits per heavy atom. The fourth-order valence-corrected chi connectivity index (χ4v) is 6.94. The monoisotopic (exact) mass is 660 g/mol. The van der Waals surface area contributed by atoms with Gasteiger partial charge in [0.2, 0.25) is 0 Å². The summed E-state index contributed by atoms with van der Waals surface area (Å²) < 4.78 is 132. The molecule has 0 amide bonds. The molecule has 2 aliphatic rings. The van der Waals surface area contributed by atoms with Crippen LogP contribution in [0.4, 0.5) is 39.5 Å². The molecule has 0 bridgehead atoms. The van der Waals surface area contributed by atoms with Crippen LogP contribution >= 0.6 is 0 Å². The van der Waals surface area contributed by atoms with Crippen LogP contribution < -0.4 is 4.74 Å². The number of rotatable bonds is 5. The highest BCUT2D eigenvalue weighted by Gasteiger charge is 2.37. The zero-order valence-corrected chi connectivity index (χ0v) is 25.2. The van der Waals surface area contributed by atoms with Crippen LogP contribution in [-0.2, 0) is 19.0 Å². The number of halogens is 9. The number of hydrogen-bond donors (Lipinski definition) is 0. The molecular formula is C37H29F9O. The summed E-state index contributed by atoms with van der Waals surface area (Å²) in [4.78, 5) is 0. The summed E-state index contributed by atoms with van der Waals surface area (Å²) in [5.74, 6) is -1.99. The highest BCUT2D eigenvalue weighted by molar-refractivity contribution is 5.90. The van der Waals surface area contributed by atoms with Gasteiger partial charge in [-0.3, -0.25) is 0 Å². The largest absolute Gasteiger partial charge is 0.458 e. The van der Waals surface area contributed by atoms with Crippen molar-refractivity contribution in [3.8, 4) is 28.7 Å². The third kappa shape index (κ3) is 6.95. The van der Waals surface area contributed by atoms with Gasteiger partial charge in [-0.25, -0.2) is 17.6 Å². The fourth-order valence-electron chi connectivity index (χ4n) is 6.94. The molecule has 0 aliphatic heterocycles. The lowest BCUT2D eigenvalue weighted by Crippen LogP contribution is -2.27. The van der Waals surface area contributed by atoms with Crippen LogP contribution in [0, 0.1) is 52.9 Å². The highest BCUT2D eigenvalue weighted by Crippen LogP contribution is 2.41. The standard InChI is InChI=1S/C37H29F9O/c1-20-2-4-21(5-3-20)22-6-7-24-16-27(9-8-23(24)14-22)37(45,46)47-28-10-11-29(32(39)19-28)25-15-26-18-31(38)30(12-13-36(42,43)44)35(41)34(26)33(40)17-25/h8-11,15-22H,2-7,14H2,1H3. The van der Waals surface area contributed by atoms with Gasteiger partial charge < -0.3 is 4.74 Å². The molecule has 4 aromatic rings. The van der Waals surface area contributed by atoms with Gasteiger partial charge >= 0.3 is 12.3 Å².